The van der Waals surface area contributed by atoms with E-state index in [1.165, 1.54) is 11.3 Å². The summed E-state index contributed by atoms with van der Waals surface area (Å²) in [4.78, 5) is 17.1. The summed E-state index contributed by atoms with van der Waals surface area (Å²) in [5.74, 6) is 0.859. The molecule has 0 amide bonds. The van der Waals surface area contributed by atoms with Crippen molar-refractivity contribution in [3.8, 4) is 0 Å². The summed E-state index contributed by atoms with van der Waals surface area (Å²) < 4.78 is 2.04. The third-order valence-corrected chi connectivity index (χ3v) is 3.56. The molecule has 14 heavy (non-hydrogen) atoms. The number of thiazole rings is 1. The minimum absolute atomic E-state index is 0.107. The Bertz CT molecular complexity index is 403. The van der Waals surface area contributed by atoms with Gasteiger partial charge in [0.05, 0.1) is 4.88 Å². The van der Waals surface area contributed by atoms with E-state index in [2.05, 4.69) is 17.6 Å². The van der Waals surface area contributed by atoms with Gasteiger partial charge in [-0.1, -0.05) is 11.3 Å². The van der Waals surface area contributed by atoms with Gasteiger partial charge in [0, 0.05) is 32.0 Å². The van der Waals surface area contributed by atoms with Gasteiger partial charge in [-0.15, -0.1) is 0 Å². The zero-order chi connectivity index (χ0) is 10.7. The highest BCUT2D eigenvalue weighted by molar-refractivity contribution is 7.80. The van der Waals surface area contributed by atoms with Crippen LogP contribution in [0.5, 0.6) is 0 Å². The number of ketones is 1. The molecule has 0 unspecified atom stereocenters. The van der Waals surface area contributed by atoms with E-state index in [1.807, 2.05) is 11.5 Å². The molecule has 0 saturated heterocycles. The van der Waals surface area contributed by atoms with Gasteiger partial charge in [0.25, 0.3) is 0 Å². The Balaban J connectivity index is 3.33. The largest absolute Gasteiger partial charge is 0.320 e. The smallest absolute Gasteiger partial charge is 0.185 e. The normalized spacial score (nSPS) is 12.1. The van der Waals surface area contributed by atoms with Crippen molar-refractivity contribution < 1.29 is 4.79 Å². The van der Waals surface area contributed by atoms with Crippen LogP contribution in [0.4, 0.5) is 0 Å². The topological polar surface area (TPSA) is 34.4 Å². The first-order chi connectivity index (χ1) is 6.61. The molecule has 0 radical (unpaired) electrons. The van der Waals surface area contributed by atoms with Crippen molar-refractivity contribution >= 4 is 29.7 Å². The lowest BCUT2D eigenvalue weighted by molar-refractivity contribution is 0.102. The van der Waals surface area contributed by atoms with Gasteiger partial charge in [0.15, 0.2) is 10.6 Å². The van der Waals surface area contributed by atoms with Gasteiger partial charge in [0.1, 0.15) is 0 Å². The molecule has 1 aromatic heterocycles. The number of carbonyl (C=O) groups excluding carboxylic acids is 1. The molecule has 5 heteroatoms. The Labute approximate surface area is 92.9 Å². The summed E-state index contributed by atoms with van der Waals surface area (Å²) in [6.45, 7) is 4.33. The molecule has 0 spiro atoms. The van der Waals surface area contributed by atoms with Crippen LogP contribution < -0.4 is 4.80 Å². The molecule has 0 fully saturated rings. The van der Waals surface area contributed by atoms with E-state index in [-0.39, 0.29) is 5.78 Å². The van der Waals surface area contributed by atoms with Crippen molar-refractivity contribution in [1.29, 1.82) is 0 Å². The van der Waals surface area contributed by atoms with Gasteiger partial charge < -0.3 is 4.57 Å². The first-order valence-corrected chi connectivity index (χ1v) is 5.81. The van der Waals surface area contributed by atoms with Crippen LogP contribution in [0.1, 0.15) is 22.3 Å². The molecule has 0 saturated carbocycles. The molecule has 1 heterocycles. The fourth-order valence-corrected chi connectivity index (χ4v) is 2.56. The molecular formula is C9H14N2OS2. The maximum absolute atomic E-state index is 11.3. The van der Waals surface area contributed by atoms with Gasteiger partial charge in [-0.2, -0.15) is 12.6 Å². The fourth-order valence-electron chi connectivity index (χ4n) is 1.34. The van der Waals surface area contributed by atoms with Crippen LogP contribution in [0.2, 0.25) is 0 Å². The van der Waals surface area contributed by atoms with Crippen LogP contribution >= 0.6 is 24.0 Å². The molecule has 0 bridgehead atoms. The minimum atomic E-state index is 0.107. The summed E-state index contributed by atoms with van der Waals surface area (Å²) in [6, 6.07) is 0. The molecular weight excluding hydrogens is 216 g/mol. The molecule has 1 rings (SSSR count). The predicted molar refractivity (Wildman–Crippen MR) is 62.4 cm³/mol. The van der Waals surface area contributed by atoms with Gasteiger partial charge >= 0.3 is 0 Å². The van der Waals surface area contributed by atoms with Crippen molar-refractivity contribution in [2.24, 2.45) is 4.99 Å². The second-order valence-electron chi connectivity index (χ2n) is 2.95. The van der Waals surface area contributed by atoms with E-state index in [4.69, 9.17) is 0 Å². The van der Waals surface area contributed by atoms with Crippen LogP contribution in [-0.2, 0) is 6.54 Å². The summed E-state index contributed by atoms with van der Waals surface area (Å²) >= 11 is 5.63. The maximum atomic E-state index is 11.3. The lowest BCUT2D eigenvalue weighted by Crippen LogP contribution is -2.17. The lowest BCUT2D eigenvalue weighted by Gasteiger charge is -2.02. The number of aromatic nitrogens is 1. The summed E-state index contributed by atoms with van der Waals surface area (Å²) in [6.07, 6.45) is 0. The molecule has 0 aromatic carbocycles. The average Bonchev–Trinajstić information content (AvgIpc) is 2.45. The van der Waals surface area contributed by atoms with Gasteiger partial charge in [0.2, 0.25) is 0 Å². The lowest BCUT2D eigenvalue weighted by atomic mass is 10.3. The number of thiol groups is 1. The summed E-state index contributed by atoms with van der Waals surface area (Å²) in [5, 5.41) is 0. The third kappa shape index (κ3) is 2.09. The molecule has 0 atom stereocenters. The number of hydrogen-bond acceptors (Lipinski definition) is 4. The highest BCUT2D eigenvalue weighted by atomic mass is 32.1. The number of nitrogens with zero attached hydrogens (tertiary/aromatic N) is 2. The third-order valence-electron chi connectivity index (χ3n) is 1.99. The van der Waals surface area contributed by atoms with Gasteiger partial charge in [-0.05, 0) is 6.92 Å². The number of carbonyl (C=O) groups is 1. The fraction of sp³-hybridized carbons (Fsp3) is 0.556. The van der Waals surface area contributed by atoms with E-state index in [0.717, 1.165) is 27.7 Å². The Morgan fingerprint density at radius 2 is 2.29 bits per heavy atom. The van der Waals surface area contributed by atoms with Crippen LogP contribution in [0, 0.1) is 6.92 Å². The molecule has 0 N–H and O–H groups in total. The standard InChI is InChI=1S/C9H14N2OS2/c1-6-8(7(2)12)14-9(10-3)11(6)4-5-13/h13H,4-5H2,1-3H3. The molecule has 0 aliphatic rings. The molecule has 0 aliphatic carbocycles. The molecule has 1 aromatic rings. The Morgan fingerprint density at radius 3 is 2.71 bits per heavy atom. The first-order valence-electron chi connectivity index (χ1n) is 4.36. The van der Waals surface area contributed by atoms with Crippen molar-refractivity contribution in [3.63, 3.8) is 0 Å². The van der Waals surface area contributed by atoms with E-state index < -0.39 is 0 Å². The van der Waals surface area contributed by atoms with Crippen molar-refractivity contribution in [1.82, 2.24) is 4.57 Å². The van der Waals surface area contributed by atoms with Gasteiger partial charge in [-0.3, -0.25) is 9.79 Å². The monoisotopic (exact) mass is 230 g/mol. The zero-order valence-electron chi connectivity index (χ0n) is 8.57. The van der Waals surface area contributed by atoms with Crippen LogP contribution in [0.15, 0.2) is 4.99 Å². The van der Waals surface area contributed by atoms with Crippen LogP contribution in [-0.4, -0.2) is 23.2 Å². The quantitative estimate of drug-likeness (QED) is 0.620. The highest BCUT2D eigenvalue weighted by Gasteiger charge is 2.11. The Kier molecular flexibility index (Phi) is 3.95. The van der Waals surface area contributed by atoms with E-state index in [0.29, 0.717) is 0 Å². The average molecular weight is 230 g/mol. The Morgan fingerprint density at radius 1 is 1.64 bits per heavy atom. The predicted octanol–water partition coefficient (Wildman–Crippen LogP) is 1.52. The number of hydrogen-bond donors (Lipinski definition) is 1. The van der Waals surface area contributed by atoms with E-state index in [1.54, 1.807) is 14.0 Å². The van der Waals surface area contributed by atoms with E-state index >= 15 is 0 Å². The van der Waals surface area contributed by atoms with Crippen molar-refractivity contribution in [3.05, 3.63) is 15.4 Å². The first kappa shape index (κ1) is 11.5. The van der Waals surface area contributed by atoms with Crippen molar-refractivity contribution in [2.75, 3.05) is 12.8 Å². The SMILES string of the molecule is CN=c1sc(C(C)=O)c(C)n1CCS. The number of rotatable bonds is 3. The van der Waals surface area contributed by atoms with Crippen LogP contribution in [0.25, 0.3) is 0 Å². The summed E-state index contributed by atoms with van der Waals surface area (Å²) in [5.41, 5.74) is 0.997. The summed E-state index contributed by atoms with van der Waals surface area (Å²) in [7, 11) is 1.74. The van der Waals surface area contributed by atoms with Crippen LogP contribution in [0.3, 0.4) is 0 Å². The second kappa shape index (κ2) is 4.79. The Hall–Kier alpha value is -0.550. The van der Waals surface area contributed by atoms with Gasteiger partial charge in [-0.25, -0.2) is 0 Å². The minimum Gasteiger partial charge on any atom is -0.320 e. The van der Waals surface area contributed by atoms with Crippen molar-refractivity contribution in [2.45, 2.75) is 20.4 Å². The molecule has 3 nitrogen and oxygen atoms in total. The molecule has 0 aliphatic heterocycles. The number of Topliss-reactive ketones (excluding diaryl/α,β-unsaturated/α-hetero) is 1. The van der Waals surface area contributed by atoms with E-state index in [9.17, 15) is 4.79 Å². The maximum Gasteiger partial charge on any atom is 0.185 e. The zero-order valence-corrected chi connectivity index (χ0v) is 10.3. The second-order valence-corrected chi connectivity index (χ2v) is 4.38. The highest BCUT2D eigenvalue weighted by Crippen LogP contribution is 2.12. The molecule has 78 valence electrons.